The minimum atomic E-state index is -0.422. The number of aryl methyl sites for hydroxylation is 3. The van der Waals surface area contributed by atoms with Gasteiger partial charge in [-0.2, -0.15) is 0 Å². The molecule has 1 heterocycles. The molecule has 2 amide bonds. The summed E-state index contributed by atoms with van der Waals surface area (Å²) in [6.45, 7) is 12.4. The largest absolute Gasteiger partial charge is 0.415 e. The van der Waals surface area contributed by atoms with Crippen LogP contribution >= 0.6 is 11.3 Å². The molecule has 39 heavy (non-hydrogen) atoms. The van der Waals surface area contributed by atoms with Gasteiger partial charge in [0.25, 0.3) is 5.91 Å². The first-order valence-corrected chi connectivity index (χ1v) is 13.9. The van der Waals surface area contributed by atoms with E-state index in [0.29, 0.717) is 30.0 Å². The lowest BCUT2D eigenvalue weighted by Gasteiger charge is -2.34. The molecule has 0 unspecified atom stereocenters. The fourth-order valence-corrected chi connectivity index (χ4v) is 4.89. The predicted molar refractivity (Wildman–Crippen MR) is 159 cm³/mol. The summed E-state index contributed by atoms with van der Waals surface area (Å²) in [7, 11) is 0. The highest BCUT2D eigenvalue weighted by atomic mass is 32.1. The van der Waals surface area contributed by atoms with Crippen molar-refractivity contribution in [1.82, 2.24) is 9.88 Å². The van der Waals surface area contributed by atoms with Gasteiger partial charge in [-0.25, -0.2) is 9.78 Å². The van der Waals surface area contributed by atoms with Gasteiger partial charge in [0.2, 0.25) is 0 Å². The maximum Gasteiger partial charge on any atom is 0.415 e. The molecule has 0 fully saturated rings. The molecular weight excluding hydrogens is 506 g/mol. The second kappa shape index (κ2) is 11.8. The highest BCUT2D eigenvalue weighted by molar-refractivity contribution is 7.09. The fourth-order valence-electron chi connectivity index (χ4n) is 4.24. The molecule has 0 saturated heterocycles. The number of rotatable bonds is 7. The zero-order chi connectivity index (χ0) is 28.2. The van der Waals surface area contributed by atoms with E-state index in [1.807, 2.05) is 89.4 Å². The average molecular weight is 542 g/mol. The van der Waals surface area contributed by atoms with Crippen LogP contribution in [0, 0.1) is 20.8 Å². The number of carbonyl (C=O) groups is 2. The van der Waals surface area contributed by atoms with Gasteiger partial charge < -0.3 is 15.0 Å². The number of benzene rings is 3. The summed E-state index contributed by atoms with van der Waals surface area (Å²) < 4.78 is 5.70. The number of hydrogen-bond acceptors (Lipinski definition) is 5. The summed E-state index contributed by atoms with van der Waals surface area (Å²) in [5, 5.41) is 6.01. The molecule has 4 aromatic rings. The van der Waals surface area contributed by atoms with Gasteiger partial charge in [-0.15, -0.1) is 11.3 Å². The Kier molecular flexibility index (Phi) is 8.51. The minimum Gasteiger partial charge on any atom is -0.410 e. The normalized spacial score (nSPS) is 11.2. The number of nitrogens with zero attached hydrogens (tertiary/aromatic N) is 2. The minimum absolute atomic E-state index is 0.199. The molecule has 0 spiro atoms. The second-order valence-corrected chi connectivity index (χ2v) is 11.8. The Hall–Kier alpha value is -3.97. The molecule has 0 bridgehead atoms. The van der Waals surface area contributed by atoms with Gasteiger partial charge in [0.05, 0.1) is 10.7 Å². The number of ether oxygens (including phenoxy) is 1. The van der Waals surface area contributed by atoms with Crippen molar-refractivity contribution in [2.45, 2.75) is 53.5 Å². The molecular formula is C32H35N3O3S. The van der Waals surface area contributed by atoms with Crippen molar-refractivity contribution >= 4 is 29.0 Å². The zero-order valence-corrected chi connectivity index (χ0v) is 24.2. The van der Waals surface area contributed by atoms with Crippen molar-refractivity contribution in [1.29, 1.82) is 0 Å². The van der Waals surface area contributed by atoms with Crippen LogP contribution in [-0.4, -0.2) is 34.0 Å². The third-order valence-corrected chi connectivity index (χ3v) is 7.21. The zero-order valence-electron chi connectivity index (χ0n) is 23.4. The predicted octanol–water partition coefficient (Wildman–Crippen LogP) is 7.83. The van der Waals surface area contributed by atoms with E-state index in [9.17, 15) is 9.59 Å². The summed E-state index contributed by atoms with van der Waals surface area (Å²) in [5.74, 6) is 0.211. The van der Waals surface area contributed by atoms with Gasteiger partial charge in [-0.1, -0.05) is 47.5 Å². The van der Waals surface area contributed by atoms with Crippen LogP contribution in [0.5, 0.6) is 5.75 Å². The molecule has 0 aliphatic heterocycles. The van der Waals surface area contributed by atoms with Crippen molar-refractivity contribution in [3.63, 3.8) is 0 Å². The summed E-state index contributed by atoms with van der Waals surface area (Å²) in [6, 6.07) is 20.9. The summed E-state index contributed by atoms with van der Waals surface area (Å²) >= 11 is 1.60. The quantitative estimate of drug-likeness (QED) is 0.259. The van der Waals surface area contributed by atoms with Crippen molar-refractivity contribution in [2.24, 2.45) is 0 Å². The Labute approximate surface area is 234 Å². The third-order valence-electron chi connectivity index (χ3n) is 6.39. The van der Waals surface area contributed by atoms with Crippen LogP contribution in [0.4, 0.5) is 10.5 Å². The van der Waals surface area contributed by atoms with E-state index >= 15 is 0 Å². The van der Waals surface area contributed by atoms with Crippen molar-refractivity contribution in [3.05, 3.63) is 99.5 Å². The maximum absolute atomic E-state index is 13.3. The van der Waals surface area contributed by atoms with Crippen LogP contribution in [0.15, 0.2) is 72.1 Å². The Morgan fingerprint density at radius 1 is 0.923 bits per heavy atom. The van der Waals surface area contributed by atoms with Crippen LogP contribution in [0.3, 0.4) is 0 Å². The molecule has 1 N–H and O–H groups in total. The van der Waals surface area contributed by atoms with Crippen molar-refractivity contribution < 1.29 is 14.3 Å². The Morgan fingerprint density at radius 3 is 2.21 bits per heavy atom. The number of carbonyl (C=O) groups excluding carboxylic acids is 2. The molecule has 3 aromatic carbocycles. The molecule has 0 atom stereocenters. The molecule has 0 aliphatic rings. The van der Waals surface area contributed by atoms with Gasteiger partial charge >= 0.3 is 6.09 Å². The molecule has 6 nitrogen and oxygen atoms in total. The lowest BCUT2D eigenvalue weighted by Crippen LogP contribution is -2.48. The van der Waals surface area contributed by atoms with Crippen LogP contribution in [0.2, 0.25) is 0 Å². The SMILES string of the molecule is Cc1ccc(-c2ccc(C)cc2C(=O)Nc2ccc(OC(=O)N(CCc3csc(C)n3)C(C)(C)C)cc2)cc1. The number of hydrogen-bond donors (Lipinski definition) is 1. The van der Waals surface area contributed by atoms with Crippen LogP contribution < -0.4 is 10.1 Å². The highest BCUT2D eigenvalue weighted by Crippen LogP contribution is 2.27. The Morgan fingerprint density at radius 2 is 1.59 bits per heavy atom. The molecule has 0 saturated carbocycles. The van der Waals surface area contributed by atoms with Crippen molar-refractivity contribution in [2.75, 3.05) is 11.9 Å². The van der Waals surface area contributed by atoms with Crippen molar-refractivity contribution in [3.8, 4) is 16.9 Å². The molecule has 4 rings (SSSR count). The van der Waals surface area contributed by atoms with Gasteiger partial charge in [-0.05, 0) is 83.0 Å². The van der Waals surface area contributed by atoms with Crippen LogP contribution in [0.1, 0.15) is 53.0 Å². The molecule has 0 radical (unpaired) electrons. The topological polar surface area (TPSA) is 71.5 Å². The number of nitrogens with one attached hydrogen (secondary N) is 1. The number of anilines is 1. The van der Waals surface area contributed by atoms with E-state index in [1.54, 1.807) is 40.5 Å². The van der Waals surface area contributed by atoms with Gasteiger partial charge in [0.1, 0.15) is 5.75 Å². The van der Waals surface area contributed by atoms with Crippen LogP contribution in [-0.2, 0) is 6.42 Å². The van der Waals surface area contributed by atoms with Gasteiger partial charge in [0.15, 0.2) is 0 Å². The molecule has 1 aromatic heterocycles. The fraction of sp³-hybridized carbons (Fsp3) is 0.281. The smallest absolute Gasteiger partial charge is 0.410 e. The molecule has 0 aliphatic carbocycles. The first-order chi connectivity index (χ1) is 18.5. The lowest BCUT2D eigenvalue weighted by molar-refractivity contribution is 0.102. The van der Waals surface area contributed by atoms with E-state index in [-0.39, 0.29) is 5.91 Å². The second-order valence-electron chi connectivity index (χ2n) is 10.7. The van der Waals surface area contributed by atoms with Gasteiger partial charge in [0, 0.05) is 35.1 Å². The highest BCUT2D eigenvalue weighted by Gasteiger charge is 2.28. The summed E-state index contributed by atoms with van der Waals surface area (Å²) in [6.07, 6.45) is 0.235. The third kappa shape index (κ3) is 7.33. The summed E-state index contributed by atoms with van der Waals surface area (Å²) in [4.78, 5) is 32.6. The molecule has 202 valence electrons. The lowest BCUT2D eigenvalue weighted by atomic mass is 9.96. The standard InChI is InChI=1S/C32H35N3O3S/c1-21-7-10-24(11-8-21)28-16-9-22(2)19-29(28)30(36)34-25-12-14-27(15-13-25)38-31(37)35(32(4,5)6)18-17-26-20-39-23(3)33-26/h7-16,19-20H,17-18H2,1-6H3,(H,34,36). The molecule has 7 heteroatoms. The van der Waals surface area contributed by atoms with Gasteiger partial charge in [-0.3, -0.25) is 4.79 Å². The summed E-state index contributed by atoms with van der Waals surface area (Å²) in [5.41, 5.74) is 5.80. The van der Waals surface area contributed by atoms with E-state index in [2.05, 4.69) is 10.3 Å². The Bertz CT molecular complexity index is 1450. The van der Waals surface area contributed by atoms with Crippen LogP contribution in [0.25, 0.3) is 11.1 Å². The number of thiazole rings is 1. The van der Waals surface area contributed by atoms with E-state index in [0.717, 1.165) is 33.0 Å². The van der Waals surface area contributed by atoms with E-state index in [1.165, 1.54) is 0 Å². The first kappa shape index (κ1) is 28.0. The number of aromatic nitrogens is 1. The monoisotopic (exact) mass is 541 g/mol. The Balaban J connectivity index is 1.44. The first-order valence-electron chi connectivity index (χ1n) is 13.0. The average Bonchev–Trinajstić information content (AvgIpc) is 3.30. The number of amides is 2. The maximum atomic E-state index is 13.3. The van der Waals surface area contributed by atoms with E-state index in [4.69, 9.17) is 4.74 Å². The van der Waals surface area contributed by atoms with E-state index < -0.39 is 11.6 Å².